The Bertz CT molecular complexity index is 810. The minimum Gasteiger partial charge on any atom is -0.325 e. The molecule has 7 heteroatoms. The van der Waals surface area contributed by atoms with E-state index in [1.165, 1.54) is 4.31 Å². The van der Waals surface area contributed by atoms with Crippen LogP contribution in [0, 0.1) is 0 Å². The van der Waals surface area contributed by atoms with Crippen LogP contribution >= 0.6 is 11.6 Å². The zero-order chi connectivity index (χ0) is 18.3. The molecule has 0 fully saturated rings. The number of sulfonamides is 1. The number of amides is 1. The summed E-state index contributed by atoms with van der Waals surface area (Å²) in [6.45, 7) is 0.462. The van der Waals surface area contributed by atoms with E-state index in [0.717, 1.165) is 11.8 Å². The average Bonchev–Trinajstić information content (AvgIpc) is 2.56. The molecule has 0 radical (unpaired) electrons. The maximum absolute atomic E-state index is 12.1. The van der Waals surface area contributed by atoms with E-state index in [9.17, 15) is 13.2 Å². The van der Waals surface area contributed by atoms with Gasteiger partial charge in [0.1, 0.15) is 0 Å². The Hall–Kier alpha value is -1.89. The summed E-state index contributed by atoms with van der Waals surface area (Å²) in [5.41, 5.74) is 1.57. The fourth-order valence-corrected chi connectivity index (χ4v) is 3.37. The van der Waals surface area contributed by atoms with Crippen LogP contribution in [0.4, 0.5) is 5.69 Å². The minimum atomic E-state index is -3.38. The van der Waals surface area contributed by atoms with Crippen LogP contribution in [0.15, 0.2) is 54.6 Å². The predicted octanol–water partition coefficient (Wildman–Crippen LogP) is 3.17. The van der Waals surface area contributed by atoms with Gasteiger partial charge in [0.05, 0.1) is 17.0 Å². The summed E-state index contributed by atoms with van der Waals surface area (Å²) in [6.07, 6.45) is 1.82. The topological polar surface area (TPSA) is 66.5 Å². The number of hydrogen-bond donors (Lipinski definition) is 1. The standard InChI is InChI=1S/C18H21ClN2O3S/c1-25(23,24)21(13-11-15-7-3-2-4-8-15)14-12-18(22)20-17-10-6-5-9-16(17)19/h2-10H,11-14H2,1H3,(H,20,22). The molecule has 1 N–H and O–H groups in total. The van der Waals surface area contributed by atoms with Crippen LogP contribution in [-0.2, 0) is 21.2 Å². The molecular weight excluding hydrogens is 360 g/mol. The molecule has 25 heavy (non-hydrogen) atoms. The molecule has 0 bridgehead atoms. The molecule has 0 saturated carbocycles. The molecule has 134 valence electrons. The Kier molecular flexibility index (Phi) is 6.99. The van der Waals surface area contributed by atoms with E-state index in [2.05, 4.69) is 5.32 Å². The summed E-state index contributed by atoms with van der Waals surface area (Å²) in [5.74, 6) is -0.276. The second-order valence-electron chi connectivity index (χ2n) is 5.68. The molecule has 0 spiro atoms. The third-order valence-electron chi connectivity index (χ3n) is 3.70. The van der Waals surface area contributed by atoms with E-state index in [4.69, 9.17) is 11.6 Å². The van der Waals surface area contributed by atoms with Crippen molar-refractivity contribution in [2.75, 3.05) is 24.7 Å². The zero-order valence-electron chi connectivity index (χ0n) is 14.0. The van der Waals surface area contributed by atoms with Gasteiger partial charge in [0, 0.05) is 19.5 Å². The van der Waals surface area contributed by atoms with Crippen LogP contribution in [0.3, 0.4) is 0 Å². The lowest BCUT2D eigenvalue weighted by molar-refractivity contribution is -0.116. The SMILES string of the molecule is CS(=O)(=O)N(CCC(=O)Nc1ccccc1Cl)CCc1ccccc1. The number of hydrogen-bond acceptors (Lipinski definition) is 3. The van der Waals surface area contributed by atoms with Gasteiger partial charge in [0.15, 0.2) is 0 Å². The highest BCUT2D eigenvalue weighted by atomic mass is 35.5. The number of carbonyl (C=O) groups excluding carboxylic acids is 1. The van der Waals surface area contributed by atoms with Gasteiger partial charge in [-0.05, 0) is 24.1 Å². The summed E-state index contributed by atoms with van der Waals surface area (Å²) < 4.78 is 25.2. The molecule has 0 aliphatic heterocycles. The monoisotopic (exact) mass is 380 g/mol. The Labute approximate surface area is 153 Å². The number of para-hydroxylation sites is 1. The van der Waals surface area contributed by atoms with Gasteiger partial charge in [0.2, 0.25) is 15.9 Å². The molecule has 0 aromatic heterocycles. The van der Waals surface area contributed by atoms with Gasteiger partial charge in [-0.3, -0.25) is 4.79 Å². The van der Waals surface area contributed by atoms with Crippen molar-refractivity contribution in [2.24, 2.45) is 0 Å². The summed E-state index contributed by atoms with van der Waals surface area (Å²) in [5, 5.41) is 3.14. The van der Waals surface area contributed by atoms with Crippen molar-refractivity contribution >= 4 is 33.2 Å². The number of carbonyl (C=O) groups is 1. The van der Waals surface area contributed by atoms with Crippen molar-refractivity contribution in [1.82, 2.24) is 4.31 Å². The Morgan fingerprint density at radius 3 is 2.32 bits per heavy atom. The van der Waals surface area contributed by atoms with Gasteiger partial charge in [-0.15, -0.1) is 0 Å². The number of benzene rings is 2. The molecular formula is C18H21ClN2O3S. The van der Waals surface area contributed by atoms with Gasteiger partial charge in [0.25, 0.3) is 0 Å². The van der Waals surface area contributed by atoms with E-state index < -0.39 is 10.0 Å². The van der Waals surface area contributed by atoms with Crippen molar-refractivity contribution < 1.29 is 13.2 Å². The maximum Gasteiger partial charge on any atom is 0.225 e. The predicted molar refractivity (Wildman–Crippen MR) is 101 cm³/mol. The molecule has 0 heterocycles. The number of nitrogens with zero attached hydrogens (tertiary/aromatic N) is 1. The smallest absolute Gasteiger partial charge is 0.225 e. The molecule has 2 aromatic rings. The van der Waals surface area contributed by atoms with Crippen molar-refractivity contribution in [3.05, 3.63) is 65.2 Å². The van der Waals surface area contributed by atoms with Gasteiger partial charge in [-0.2, -0.15) is 0 Å². The first-order valence-electron chi connectivity index (χ1n) is 7.89. The largest absolute Gasteiger partial charge is 0.325 e. The average molecular weight is 381 g/mol. The van der Waals surface area contributed by atoms with Crippen LogP contribution in [0.1, 0.15) is 12.0 Å². The fraction of sp³-hybridized carbons (Fsp3) is 0.278. The highest BCUT2D eigenvalue weighted by molar-refractivity contribution is 7.88. The van der Waals surface area contributed by atoms with Crippen LogP contribution in [0.2, 0.25) is 5.02 Å². The van der Waals surface area contributed by atoms with Crippen molar-refractivity contribution in [3.8, 4) is 0 Å². The zero-order valence-corrected chi connectivity index (χ0v) is 15.6. The number of nitrogens with one attached hydrogen (secondary N) is 1. The normalized spacial score (nSPS) is 11.5. The third-order valence-corrected chi connectivity index (χ3v) is 5.33. The summed E-state index contributed by atoms with van der Waals surface area (Å²) >= 11 is 6.00. The molecule has 0 aliphatic rings. The number of anilines is 1. The van der Waals surface area contributed by atoms with E-state index in [-0.39, 0.29) is 18.9 Å². The lowest BCUT2D eigenvalue weighted by Gasteiger charge is -2.19. The van der Waals surface area contributed by atoms with E-state index in [1.807, 2.05) is 30.3 Å². The Morgan fingerprint density at radius 2 is 1.68 bits per heavy atom. The molecule has 1 amide bonds. The second-order valence-corrected chi connectivity index (χ2v) is 8.07. The molecule has 0 aliphatic carbocycles. The van der Waals surface area contributed by atoms with Gasteiger partial charge in [-0.25, -0.2) is 12.7 Å². The van der Waals surface area contributed by atoms with Crippen molar-refractivity contribution in [2.45, 2.75) is 12.8 Å². The lowest BCUT2D eigenvalue weighted by atomic mass is 10.1. The van der Waals surface area contributed by atoms with Crippen LogP contribution in [-0.4, -0.2) is 38.0 Å². The first kappa shape index (κ1) is 19.4. The number of rotatable bonds is 8. The molecule has 0 atom stereocenters. The summed E-state index contributed by atoms with van der Waals surface area (Å²) in [7, 11) is -3.38. The van der Waals surface area contributed by atoms with Gasteiger partial charge in [-0.1, -0.05) is 54.1 Å². The maximum atomic E-state index is 12.1. The second kappa shape index (κ2) is 8.99. The van der Waals surface area contributed by atoms with Gasteiger partial charge < -0.3 is 5.32 Å². The van der Waals surface area contributed by atoms with Crippen LogP contribution in [0.25, 0.3) is 0 Å². The van der Waals surface area contributed by atoms with Crippen LogP contribution < -0.4 is 5.32 Å². The Morgan fingerprint density at radius 1 is 1.04 bits per heavy atom. The highest BCUT2D eigenvalue weighted by Crippen LogP contribution is 2.20. The van der Waals surface area contributed by atoms with E-state index in [1.54, 1.807) is 24.3 Å². The third kappa shape index (κ3) is 6.49. The number of halogens is 1. The highest BCUT2D eigenvalue weighted by Gasteiger charge is 2.18. The van der Waals surface area contributed by atoms with Gasteiger partial charge >= 0.3 is 0 Å². The first-order valence-corrected chi connectivity index (χ1v) is 10.1. The van der Waals surface area contributed by atoms with Crippen molar-refractivity contribution in [3.63, 3.8) is 0 Å². The van der Waals surface area contributed by atoms with E-state index in [0.29, 0.717) is 23.7 Å². The van der Waals surface area contributed by atoms with Crippen molar-refractivity contribution in [1.29, 1.82) is 0 Å². The summed E-state index contributed by atoms with van der Waals surface area (Å²) in [6, 6.07) is 16.6. The van der Waals surface area contributed by atoms with E-state index >= 15 is 0 Å². The molecule has 2 aromatic carbocycles. The summed E-state index contributed by atoms with van der Waals surface area (Å²) in [4.78, 5) is 12.1. The molecule has 2 rings (SSSR count). The molecule has 5 nitrogen and oxygen atoms in total. The lowest BCUT2D eigenvalue weighted by Crippen LogP contribution is -2.34. The molecule has 0 unspecified atom stereocenters. The first-order chi connectivity index (χ1) is 11.9. The minimum absolute atomic E-state index is 0.0626. The Balaban J connectivity index is 1.91. The molecule has 0 saturated heterocycles. The van der Waals surface area contributed by atoms with Crippen LogP contribution in [0.5, 0.6) is 0 Å². The quantitative estimate of drug-likeness (QED) is 0.764. The fourth-order valence-electron chi connectivity index (χ4n) is 2.34.